The molecule has 3 aromatic rings. The highest BCUT2D eigenvalue weighted by atomic mass is 16.5. The highest BCUT2D eigenvalue weighted by Crippen LogP contribution is 2.27. The van der Waals surface area contributed by atoms with Gasteiger partial charge in [-0.3, -0.25) is 4.79 Å². The molecular weight excluding hydrogens is 316 g/mol. The van der Waals surface area contributed by atoms with E-state index in [1.165, 1.54) is 5.56 Å². The van der Waals surface area contributed by atoms with Gasteiger partial charge in [-0.15, -0.1) is 0 Å². The summed E-state index contributed by atoms with van der Waals surface area (Å²) in [4.78, 5) is 26.8. The molecule has 6 nitrogen and oxygen atoms in total. The average molecular weight is 336 g/mol. The fourth-order valence-electron chi connectivity index (χ4n) is 3.48. The van der Waals surface area contributed by atoms with E-state index < -0.39 is 0 Å². The molecule has 2 aromatic heterocycles. The molecule has 1 unspecified atom stereocenters. The summed E-state index contributed by atoms with van der Waals surface area (Å²) in [7, 11) is 1.69. The minimum absolute atomic E-state index is 0.0223. The number of rotatable bonds is 2. The van der Waals surface area contributed by atoms with Crippen molar-refractivity contribution in [3.8, 4) is 0 Å². The number of H-pyrrole nitrogens is 1. The van der Waals surface area contributed by atoms with Crippen molar-refractivity contribution in [1.29, 1.82) is 0 Å². The predicted octanol–water partition coefficient (Wildman–Crippen LogP) is 2.65. The van der Waals surface area contributed by atoms with E-state index in [-0.39, 0.29) is 12.0 Å². The highest BCUT2D eigenvalue weighted by Gasteiger charge is 2.27. The topological polar surface area (TPSA) is 71.1 Å². The van der Waals surface area contributed by atoms with Crippen LogP contribution in [-0.2, 0) is 11.2 Å². The maximum absolute atomic E-state index is 13.2. The van der Waals surface area contributed by atoms with E-state index in [4.69, 9.17) is 4.74 Å². The number of aromatic amines is 1. The Kier molecular flexibility index (Phi) is 3.97. The Hall–Kier alpha value is -2.73. The molecule has 1 aliphatic rings. The molecule has 1 N–H and O–H groups in total. The number of nitrogens with one attached hydrogen (secondary N) is 1. The van der Waals surface area contributed by atoms with Crippen molar-refractivity contribution in [2.75, 3.05) is 20.2 Å². The molecule has 6 heteroatoms. The monoisotopic (exact) mass is 336 g/mol. The molecule has 25 heavy (non-hydrogen) atoms. The van der Waals surface area contributed by atoms with Crippen LogP contribution in [0.5, 0.6) is 0 Å². The Bertz CT molecular complexity index is 934. The van der Waals surface area contributed by atoms with Crippen LogP contribution in [0.2, 0.25) is 0 Å². The van der Waals surface area contributed by atoms with Crippen LogP contribution < -0.4 is 0 Å². The zero-order chi connectivity index (χ0) is 17.4. The molecule has 0 bridgehead atoms. The number of pyridine rings is 1. The number of hydrogen-bond donors (Lipinski definition) is 1. The summed E-state index contributed by atoms with van der Waals surface area (Å²) in [6, 6.07) is 9.99. The number of carbonyl (C=O) groups excluding carboxylic acids is 1. The molecule has 3 heterocycles. The maximum Gasteiger partial charge on any atom is 0.256 e. The number of ether oxygens (including phenoxy) is 1. The predicted molar refractivity (Wildman–Crippen MR) is 94.4 cm³/mol. The summed E-state index contributed by atoms with van der Waals surface area (Å²) in [6.07, 6.45) is 2.33. The van der Waals surface area contributed by atoms with Crippen LogP contribution in [0, 0.1) is 6.92 Å². The van der Waals surface area contributed by atoms with Crippen molar-refractivity contribution in [3.63, 3.8) is 0 Å². The third-order valence-electron chi connectivity index (χ3n) is 4.75. The zero-order valence-corrected chi connectivity index (χ0v) is 14.3. The molecule has 0 spiro atoms. The second-order valence-corrected chi connectivity index (χ2v) is 6.30. The Balaban J connectivity index is 1.69. The molecule has 0 aliphatic carbocycles. The van der Waals surface area contributed by atoms with Gasteiger partial charge in [-0.1, -0.05) is 24.3 Å². The molecule has 128 valence electrons. The minimum atomic E-state index is -0.122. The van der Waals surface area contributed by atoms with Crippen molar-refractivity contribution in [1.82, 2.24) is 19.9 Å². The average Bonchev–Trinajstić information content (AvgIpc) is 2.91. The smallest absolute Gasteiger partial charge is 0.256 e. The van der Waals surface area contributed by atoms with Gasteiger partial charge in [-0.05, 0) is 30.5 Å². The maximum atomic E-state index is 13.2. The summed E-state index contributed by atoms with van der Waals surface area (Å²) >= 11 is 0. The van der Waals surface area contributed by atoms with E-state index >= 15 is 0 Å². The van der Waals surface area contributed by atoms with Gasteiger partial charge >= 0.3 is 0 Å². The lowest BCUT2D eigenvalue weighted by molar-refractivity contribution is 0.0509. The summed E-state index contributed by atoms with van der Waals surface area (Å²) in [6.45, 7) is 3.05. The molecule has 1 amide bonds. The molecule has 0 saturated carbocycles. The lowest BCUT2D eigenvalue weighted by Crippen LogP contribution is -2.35. The van der Waals surface area contributed by atoms with E-state index in [9.17, 15) is 4.79 Å². The second kappa shape index (κ2) is 6.29. The molecular formula is C19H20N4O2. The highest BCUT2D eigenvalue weighted by molar-refractivity contribution is 6.04. The van der Waals surface area contributed by atoms with Crippen LogP contribution in [0.3, 0.4) is 0 Å². The van der Waals surface area contributed by atoms with Crippen LogP contribution in [0.15, 0.2) is 36.5 Å². The van der Waals surface area contributed by atoms with E-state index in [0.717, 1.165) is 17.8 Å². The van der Waals surface area contributed by atoms with Gasteiger partial charge in [0.2, 0.25) is 0 Å². The second-order valence-electron chi connectivity index (χ2n) is 6.30. The summed E-state index contributed by atoms with van der Waals surface area (Å²) < 4.78 is 5.68. The van der Waals surface area contributed by atoms with Gasteiger partial charge in [0.25, 0.3) is 5.91 Å². The first-order valence-electron chi connectivity index (χ1n) is 8.38. The van der Waals surface area contributed by atoms with Crippen LogP contribution in [0.25, 0.3) is 11.2 Å². The van der Waals surface area contributed by atoms with Crippen LogP contribution in [0.4, 0.5) is 0 Å². The van der Waals surface area contributed by atoms with E-state index in [2.05, 4.69) is 27.1 Å². The molecule has 1 atom stereocenters. The number of amides is 1. The molecule has 1 aromatic carbocycles. The van der Waals surface area contributed by atoms with Gasteiger partial charge < -0.3 is 14.6 Å². The van der Waals surface area contributed by atoms with Gasteiger partial charge in [0.05, 0.1) is 23.7 Å². The standard InChI is InChI=1S/C19H20N4O2/c1-12-21-17-15(7-9-20-18(17)22-12)19(24)23-10-8-13-5-3-4-6-14(13)16(11-23)25-2/h3-7,9,16H,8,10-11H2,1-2H3,(H,20,21,22). The SMILES string of the molecule is COC1CN(C(=O)c2ccnc3nc(C)[nH]c23)CCc2ccccc21. The zero-order valence-electron chi connectivity index (χ0n) is 14.3. The first-order valence-corrected chi connectivity index (χ1v) is 8.38. The number of aromatic nitrogens is 3. The van der Waals surface area contributed by atoms with Crippen molar-refractivity contribution < 1.29 is 9.53 Å². The van der Waals surface area contributed by atoms with E-state index in [0.29, 0.717) is 29.8 Å². The Labute approximate surface area is 145 Å². The lowest BCUT2D eigenvalue weighted by atomic mass is 10.0. The largest absolute Gasteiger partial charge is 0.375 e. The van der Waals surface area contributed by atoms with E-state index in [1.807, 2.05) is 24.0 Å². The number of aryl methyl sites for hydroxylation is 1. The Morgan fingerprint density at radius 1 is 1.32 bits per heavy atom. The van der Waals surface area contributed by atoms with Gasteiger partial charge in [-0.2, -0.15) is 0 Å². The summed E-state index contributed by atoms with van der Waals surface area (Å²) in [5.74, 6) is 0.728. The fourth-order valence-corrected chi connectivity index (χ4v) is 3.48. The Morgan fingerprint density at radius 3 is 3.00 bits per heavy atom. The van der Waals surface area contributed by atoms with Gasteiger partial charge in [0.1, 0.15) is 5.82 Å². The normalized spacial score (nSPS) is 17.4. The molecule has 0 saturated heterocycles. The third kappa shape index (κ3) is 2.78. The number of hydrogen-bond acceptors (Lipinski definition) is 4. The first-order chi connectivity index (χ1) is 12.2. The number of carbonyl (C=O) groups is 1. The van der Waals surface area contributed by atoms with Gasteiger partial charge in [-0.25, -0.2) is 9.97 Å². The van der Waals surface area contributed by atoms with Crippen molar-refractivity contribution in [2.45, 2.75) is 19.4 Å². The third-order valence-corrected chi connectivity index (χ3v) is 4.75. The summed E-state index contributed by atoms with van der Waals surface area (Å²) in [5.41, 5.74) is 4.27. The van der Waals surface area contributed by atoms with Crippen molar-refractivity contribution in [2.24, 2.45) is 0 Å². The van der Waals surface area contributed by atoms with Gasteiger partial charge in [0, 0.05) is 19.9 Å². The molecule has 0 radical (unpaired) electrons. The quantitative estimate of drug-likeness (QED) is 0.781. The van der Waals surface area contributed by atoms with Crippen LogP contribution in [0.1, 0.15) is 33.4 Å². The number of methoxy groups -OCH3 is 1. The van der Waals surface area contributed by atoms with Crippen LogP contribution >= 0.6 is 0 Å². The van der Waals surface area contributed by atoms with Gasteiger partial charge in [0.15, 0.2) is 5.65 Å². The lowest BCUT2D eigenvalue weighted by Gasteiger charge is -2.24. The minimum Gasteiger partial charge on any atom is -0.375 e. The first kappa shape index (κ1) is 15.8. The summed E-state index contributed by atoms with van der Waals surface area (Å²) in [5, 5.41) is 0. The number of fused-ring (bicyclic) bond motifs is 2. The molecule has 1 aliphatic heterocycles. The fraction of sp³-hybridized carbons (Fsp3) is 0.316. The molecule has 4 rings (SSSR count). The molecule has 0 fully saturated rings. The van der Waals surface area contributed by atoms with E-state index in [1.54, 1.807) is 19.4 Å². The number of nitrogens with zero attached hydrogens (tertiary/aromatic N) is 3. The Morgan fingerprint density at radius 2 is 2.16 bits per heavy atom. The van der Waals surface area contributed by atoms with Crippen molar-refractivity contribution >= 4 is 17.1 Å². The van der Waals surface area contributed by atoms with Crippen LogP contribution in [-0.4, -0.2) is 46.0 Å². The number of benzene rings is 1. The van der Waals surface area contributed by atoms with Crippen molar-refractivity contribution in [3.05, 3.63) is 59.0 Å². The number of imidazole rings is 1.